The van der Waals surface area contributed by atoms with E-state index in [1.165, 1.54) is 4.70 Å². The molecule has 0 bridgehead atoms. The van der Waals surface area contributed by atoms with Gasteiger partial charge in [0, 0.05) is 13.0 Å². The molecule has 1 amide bonds. The van der Waals surface area contributed by atoms with Crippen LogP contribution in [0.1, 0.15) is 12.8 Å². The van der Waals surface area contributed by atoms with Crippen LogP contribution in [0.3, 0.4) is 0 Å². The smallest absolute Gasteiger partial charge is 0.243 e. The summed E-state index contributed by atoms with van der Waals surface area (Å²) in [7, 11) is 1.96. The Labute approximate surface area is 103 Å². The van der Waals surface area contributed by atoms with E-state index in [0.29, 0.717) is 0 Å². The predicted octanol–water partition coefficient (Wildman–Crippen LogP) is 1.58. The molecule has 1 aromatic heterocycles. The van der Waals surface area contributed by atoms with Crippen molar-refractivity contribution in [2.24, 2.45) is 18.1 Å². The van der Waals surface area contributed by atoms with Crippen molar-refractivity contribution in [1.82, 2.24) is 9.99 Å². The van der Waals surface area contributed by atoms with Gasteiger partial charge < -0.3 is 4.57 Å². The van der Waals surface area contributed by atoms with Gasteiger partial charge >= 0.3 is 0 Å². The van der Waals surface area contributed by atoms with E-state index < -0.39 is 0 Å². The molecule has 2 aromatic rings. The highest BCUT2D eigenvalue weighted by Gasteiger charge is 2.29. The molecule has 1 heterocycles. The van der Waals surface area contributed by atoms with Crippen LogP contribution in [0.2, 0.25) is 0 Å². The van der Waals surface area contributed by atoms with Gasteiger partial charge in [-0.1, -0.05) is 23.5 Å². The van der Waals surface area contributed by atoms with Crippen LogP contribution in [0.4, 0.5) is 0 Å². The van der Waals surface area contributed by atoms with Crippen LogP contribution >= 0.6 is 11.3 Å². The van der Waals surface area contributed by atoms with Crippen LogP contribution < -0.4 is 10.2 Å². The van der Waals surface area contributed by atoms with Gasteiger partial charge in [0.05, 0.1) is 10.2 Å². The molecule has 0 unspecified atom stereocenters. The lowest BCUT2D eigenvalue weighted by atomic mass is 10.3. The molecule has 1 fully saturated rings. The monoisotopic (exact) mass is 247 g/mol. The first-order valence-corrected chi connectivity index (χ1v) is 6.45. The van der Waals surface area contributed by atoms with E-state index in [-0.39, 0.29) is 11.8 Å². The number of nitrogens with zero attached hydrogens (tertiary/aromatic N) is 2. The van der Waals surface area contributed by atoms with E-state index in [0.717, 1.165) is 23.2 Å². The molecule has 0 spiro atoms. The number of benzene rings is 1. The van der Waals surface area contributed by atoms with E-state index >= 15 is 0 Å². The number of thiazole rings is 1. The zero-order chi connectivity index (χ0) is 11.8. The molecule has 3 rings (SSSR count). The van der Waals surface area contributed by atoms with Gasteiger partial charge in [-0.15, -0.1) is 5.10 Å². The van der Waals surface area contributed by atoms with Crippen molar-refractivity contribution in [3.05, 3.63) is 29.1 Å². The average Bonchev–Trinajstić information content (AvgIpc) is 3.14. The standard InChI is InChI=1S/C12H13N3OS/c1-15-9-4-2-3-5-10(9)17-12(15)14-13-11(16)8-6-7-8/h2-5,8H,6-7H2,1H3,(H,13,16)/b14-12+. The molecule has 1 aromatic carbocycles. The van der Waals surface area contributed by atoms with E-state index in [4.69, 9.17) is 0 Å². The van der Waals surface area contributed by atoms with Crippen LogP contribution in [0, 0.1) is 5.92 Å². The molecule has 0 atom stereocenters. The molecule has 88 valence electrons. The number of rotatable bonds is 2. The number of nitrogens with one attached hydrogen (secondary N) is 1. The Balaban J connectivity index is 1.96. The van der Waals surface area contributed by atoms with Gasteiger partial charge in [0.2, 0.25) is 10.7 Å². The Morgan fingerprint density at radius 2 is 2.24 bits per heavy atom. The highest BCUT2D eigenvalue weighted by Crippen LogP contribution is 2.28. The topological polar surface area (TPSA) is 46.4 Å². The van der Waals surface area contributed by atoms with Crippen molar-refractivity contribution in [2.75, 3.05) is 0 Å². The van der Waals surface area contributed by atoms with Gasteiger partial charge in [0.25, 0.3) is 0 Å². The Bertz CT molecular complexity index is 636. The SMILES string of the molecule is Cn1/c(=N\NC(=O)C2CC2)sc2ccccc21. The number of aromatic nitrogens is 1. The number of carbonyl (C=O) groups is 1. The van der Waals surface area contributed by atoms with Crippen LogP contribution in [0.25, 0.3) is 10.2 Å². The zero-order valence-corrected chi connectivity index (χ0v) is 10.3. The molecular formula is C12H13N3OS. The summed E-state index contributed by atoms with van der Waals surface area (Å²) in [6.45, 7) is 0. The highest BCUT2D eigenvalue weighted by atomic mass is 32.1. The summed E-state index contributed by atoms with van der Waals surface area (Å²) >= 11 is 1.58. The maximum Gasteiger partial charge on any atom is 0.243 e. The van der Waals surface area contributed by atoms with Crippen molar-refractivity contribution in [3.8, 4) is 0 Å². The number of hydrogen-bond acceptors (Lipinski definition) is 3. The van der Waals surface area contributed by atoms with Crippen molar-refractivity contribution in [1.29, 1.82) is 0 Å². The second-order valence-corrected chi connectivity index (χ2v) is 5.28. The number of carbonyl (C=O) groups excluding carboxylic acids is 1. The summed E-state index contributed by atoms with van der Waals surface area (Å²) in [6.07, 6.45) is 2.00. The number of amides is 1. The lowest BCUT2D eigenvalue weighted by molar-refractivity contribution is -0.122. The molecule has 17 heavy (non-hydrogen) atoms. The molecule has 0 radical (unpaired) electrons. The molecule has 1 saturated carbocycles. The fourth-order valence-corrected chi connectivity index (χ4v) is 2.71. The van der Waals surface area contributed by atoms with Gasteiger partial charge in [-0.05, 0) is 25.0 Å². The van der Waals surface area contributed by atoms with E-state index in [9.17, 15) is 4.79 Å². The van der Waals surface area contributed by atoms with Gasteiger partial charge in [-0.2, -0.15) is 0 Å². The van der Waals surface area contributed by atoms with Crippen molar-refractivity contribution in [3.63, 3.8) is 0 Å². The summed E-state index contributed by atoms with van der Waals surface area (Å²) in [5.41, 5.74) is 3.77. The molecule has 4 nitrogen and oxygen atoms in total. The van der Waals surface area contributed by atoms with Gasteiger partial charge in [-0.3, -0.25) is 4.79 Å². The molecule has 0 aliphatic heterocycles. The first-order valence-electron chi connectivity index (χ1n) is 5.64. The molecule has 1 aliphatic carbocycles. The van der Waals surface area contributed by atoms with Crippen LogP contribution in [0.15, 0.2) is 29.4 Å². The minimum absolute atomic E-state index is 0.0439. The minimum atomic E-state index is 0.0439. The Morgan fingerprint density at radius 1 is 1.47 bits per heavy atom. The van der Waals surface area contributed by atoms with Crippen LogP contribution in [0.5, 0.6) is 0 Å². The van der Waals surface area contributed by atoms with Crippen molar-refractivity contribution in [2.45, 2.75) is 12.8 Å². The molecule has 5 heteroatoms. The zero-order valence-electron chi connectivity index (χ0n) is 9.51. The largest absolute Gasteiger partial charge is 0.318 e. The molecular weight excluding hydrogens is 234 g/mol. The molecule has 1 aliphatic rings. The van der Waals surface area contributed by atoms with Gasteiger partial charge in [0.1, 0.15) is 0 Å². The first-order chi connectivity index (χ1) is 8.25. The quantitative estimate of drug-likeness (QED) is 0.805. The average molecular weight is 247 g/mol. The molecule has 0 saturated heterocycles. The number of aryl methyl sites for hydroxylation is 1. The van der Waals surface area contributed by atoms with Crippen molar-refractivity contribution >= 4 is 27.5 Å². The summed E-state index contributed by atoms with van der Waals surface area (Å²) in [4.78, 5) is 12.3. The summed E-state index contributed by atoms with van der Waals surface area (Å²) in [6, 6.07) is 8.11. The summed E-state index contributed by atoms with van der Waals surface area (Å²) in [5, 5.41) is 4.19. The highest BCUT2D eigenvalue weighted by molar-refractivity contribution is 7.16. The molecule has 1 N–H and O–H groups in total. The third-order valence-corrected chi connectivity index (χ3v) is 4.04. The summed E-state index contributed by atoms with van der Waals surface area (Å²) < 4.78 is 3.17. The number of hydrogen-bond donors (Lipinski definition) is 1. The minimum Gasteiger partial charge on any atom is -0.318 e. The summed E-state index contributed by atoms with van der Waals surface area (Å²) in [5.74, 6) is 0.237. The number of para-hydroxylation sites is 1. The Kier molecular flexibility index (Phi) is 2.48. The van der Waals surface area contributed by atoms with E-state index in [1.54, 1.807) is 11.3 Å². The van der Waals surface area contributed by atoms with Crippen LogP contribution in [-0.4, -0.2) is 10.5 Å². The van der Waals surface area contributed by atoms with Crippen molar-refractivity contribution < 1.29 is 4.79 Å². The predicted molar refractivity (Wildman–Crippen MR) is 67.2 cm³/mol. The second-order valence-electron chi connectivity index (χ2n) is 4.27. The van der Waals surface area contributed by atoms with Gasteiger partial charge in [0.15, 0.2) is 0 Å². The Morgan fingerprint density at radius 3 is 2.94 bits per heavy atom. The maximum atomic E-state index is 11.5. The maximum absolute atomic E-state index is 11.5. The Hall–Kier alpha value is -1.62. The third kappa shape index (κ3) is 1.98. The van der Waals surface area contributed by atoms with Crippen LogP contribution in [-0.2, 0) is 11.8 Å². The normalized spacial score (nSPS) is 16.4. The lowest BCUT2D eigenvalue weighted by Gasteiger charge is -1.96. The second kappa shape index (κ2) is 4.00. The number of fused-ring (bicyclic) bond motifs is 1. The van der Waals surface area contributed by atoms with E-state index in [2.05, 4.69) is 16.6 Å². The lowest BCUT2D eigenvalue weighted by Crippen LogP contribution is -2.24. The third-order valence-electron chi connectivity index (χ3n) is 2.92. The fraction of sp³-hybridized carbons (Fsp3) is 0.333. The van der Waals surface area contributed by atoms with E-state index in [1.807, 2.05) is 29.8 Å². The fourth-order valence-electron chi connectivity index (χ4n) is 1.73. The first kappa shape index (κ1) is 10.5. The van der Waals surface area contributed by atoms with Gasteiger partial charge in [-0.25, -0.2) is 5.43 Å².